The maximum atomic E-state index is 12.6. The van der Waals surface area contributed by atoms with Crippen molar-refractivity contribution in [3.05, 3.63) is 78.1 Å². The van der Waals surface area contributed by atoms with Crippen molar-refractivity contribution in [3.8, 4) is 0 Å². The molecule has 0 atom stereocenters. The number of rotatable bonds is 8. The number of nitrogens with one attached hydrogen (secondary N) is 2. The van der Waals surface area contributed by atoms with Crippen molar-refractivity contribution in [3.63, 3.8) is 0 Å². The van der Waals surface area contributed by atoms with E-state index in [4.69, 9.17) is 0 Å². The van der Waals surface area contributed by atoms with Crippen LogP contribution < -0.4 is 14.3 Å². The fourth-order valence-electron chi connectivity index (χ4n) is 3.15. The Morgan fingerprint density at radius 1 is 0.970 bits per heavy atom. The molecule has 1 heterocycles. The number of sulfonamides is 2. The van der Waals surface area contributed by atoms with Crippen LogP contribution in [-0.4, -0.2) is 40.5 Å². The summed E-state index contributed by atoms with van der Waals surface area (Å²) in [4.78, 5) is 16.4. The zero-order valence-corrected chi connectivity index (χ0v) is 19.9. The molecule has 0 radical (unpaired) electrons. The van der Waals surface area contributed by atoms with E-state index in [1.165, 1.54) is 36.7 Å². The van der Waals surface area contributed by atoms with Gasteiger partial charge < -0.3 is 5.32 Å². The molecule has 2 aromatic carbocycles. The average Bonchev–Trinajstić information content (AvgIpc) is 2.72. The van der Waals surface area contributed by atoms with Crippen LogP contribution in [0.1, 0.15) is 11.1 Å². The van der Waals surface area contributed by atoms with E-state index in [9.17, 15) is 21.6 Å². The maximum absolute atomic E-state index is 12.6. The second-order valence-corrected chi connectivity index (χ2v) is 11.1. The van der Waals surface area contributed by atoms with Gasteiger partial charge in [-0.3, -0.25) is 18.8 Å². The number of benzene rings is 2. The normalized spacial score (nSPS) is 11.6. The molecular formula is C22H24N4O5S2. The lowest BCUT2D eigenvalue weighted by atomic mass is 10.1. The average molecular weight is 489 g/mol. The fraction of sp³-hybridized carbons (Fsp3) is 0.182. The molecule has 0 spiro atoms. The van der Waals surface area contributed by atoms with Crippen LogP contribution in [0.4, 0.5) is 17.1 Å². The zero-order valence-electron chi connectivity index (χ0n) is 18.3. The van der Waals surface area contributed by atoms with Gasteiger partial charge in [-0.2, -0.15) is 0 Å². The van der Waals surface area contributed by atoms with E-state index in [-0.39, 0.29) is 4.90 Å². The van der Waals surface area contributed by atoms with E-state index in [0.717, 1.165) is 21.7 Å². The summed E-state index contributed by atoms with van der Waals surface area (Å²) in [5, 5.41) is 2.60. The highest BCUT2D eigenvalue weighted by atomic mass is 32.2. The van der Waals surface area contributed by atoms with Crippen molar-refractivity contribution in [2.45, 2.75) is 18.7 Å². The summed E-state index contributed by atoms with van der Waals surface area (Å²) in [5.74, 6) is -0.565. The Bertz CT molecular complexity index is 1360. The first-order valence-corrected chi connectivity index (χ1v) is 13.2. The molecular weight excluding hydrogens is 464 g/mol. The zero-order chi connectivity index (χ0) is 24.2. The van der Waals surface area contributed by atoms with Crippen molar-refractivity contribution in [2.24, 2.45) is 0 Å². The Morgan fingerprint density at radius 2 is 1.67 bits per heavy atom. The molecule has 9 nitrogen and oxygen atoms in total. The summed E-state index contributed by atoms with van der Waals surface area (Å²) in [7, 11) is -7.55. The van der Waals surface area contributed by atoms with E-state index < -0.39 is 32.5 Å². The van der Waals surface area contributed by atoms with Gasteiger partial charge >= 0.3 is 0 Å². The second kappa shape index (κ2) is 9.59. The minimum absolute atomic E-state index is 0.00241. The summed E-state index contributed by atoms with van der Waals surface area (Å²) in [6.45, 7) is 3.24. The van der Waals surface area contributed by atoms with Crippen LogP contribution in [0.25, 0.3) is 0 Å². The standard InChI is InChI=1S/C22H24N4O5S2/c1-16-6-11-21(17(2)13-16)26(32(3,28)29)15-22(27)24-18-7-9-20(10-8-18)33(30,31)25-19-5-4-12-23-14-19/h4-14,25H,15H2,1-3H3,(H,24,27). The van der Waals surface area contributed by atoms with Crippen LogP contribution >= 0.6 is 0 Å². The quantitative estimate of drug-likeness (QED) is 0.502. The van der Waals surface area contributed by atoms with E-state index in [2.05, 4.69) is 15.0 Å². The van der Waals surface area contributed by atoms with Gasteiger partial charge in [0, 0.05) is 11.9 Å². The number of aromatic nitrogens is 1. The molecule has 0 unspecified atom stereocenters. The number of anilines is 3. The number of hydrogen-bond donors (Lipinski definition) is 2. The molecule has 0 saturated heterocycles. The monoisotopic (exact) mass is 488 g/mol. The predicted molar refractivity (Wildman–Crippen MR) is 128 cm³/mol. The lowest BCUT2D eigenvalue weighted by molar-refractivity contribution is -0.114. The van der Waals surface area contributed by atoms with Crippen molar-refractivity contribution in [1.29, 1.82) is 0 Å². The van der Waals surface area contributed by atoms with E-state index >= 15 is 0 Å². The van der Waals surface area contributed by atoms with Crippen LogP contribution in [0.5, 0.6) is 0 Å². The van der Waals surface area contributed by atoms with Gasteiger partial charge in [0.2, 0.25) is 15.9 Å². The van der Waals surface area contributed by atoms with Gasteiger partial charge in [-0.15, -0.1) is 0 Å². The Hall–Kier alpha value is -3.44. The van der Waals surface area contributed by atoms with Crippen molar-refractivity contribution in [2.75, 3.05) is 27.1 Å². The summed E-state index contributed by atoms with van der Waals surface area (Å²) in [5.41, 5.74) is 2.77. The number of carbonyl (C=O) groups is 1. The smallest absolute Gasteiger partial charge is 0.261 e. The Balaban J connectivity index is 1.73. The molecule has 0 aliphatic rings. The molecule has 0 fully saturated rings. The number of amides is 1. The molecule has 0 bridgehead atoms. The van der Waals surface area contributed by atoms with E-state index in [1.807, 2.05) is 13.0 Å². The molecule has 33 heavy (non-hydrogen) atoms. The number of carbonyl (C=O) groups excluding carboxylic acids is 1. The minimum atomic E-state index is -3.83. The highest BCUT2D eigenvalue weighted by Crippen LogP contribution is 2.24. The molecule has 0 aliphatic heterocycles. The lowest BCUT2D eigenvalue weighted by Gasteiger charge is -2.24. The maximum Gasteiger partial charge on any atom is 0.261 e. The van der Waals surface area contributed by atoms with E-state index in [0.29, 0.717) is 17.1 Å². The second-order valence-electron chi connectivity index (χ2n) is 7.48. The number of nitrogens with zero attached hydrogens (tertiary/aromatic N) is 2. The Labute approximate surface area is 193 Å². The SMILES string of the molecule is Cc1ccc(N(CC(=O)Nc2ccc(S(=O)(=O)Nc3cccnc3)cc2)S(C)(=O)=O)c(C)c1. The number of hydrogen-bond acceptors (Lipinski definition) is 6. The van der Waals surface area contributed by atoms with Crippen molar-refractivity contribution < 1.29 is 21.6 Å². The first-order chi connectivity index (χ1) is 15.5. The van der Waals surface area contributed by atoms with Gasteiger partial charge in [-0.1, -0.05) is 17.7 Å². The van der Waals surface area contributed by atoms with Gasteiger partial charge in [0.1, 0.15) is 6.54 Å². The van der Waals surface area contributed by atoms with Crippen LogP contribution in [-0.2, 0) is 24.8 Å². The first-order valence-electron chi connectivity index (χ1n) is 9.83. The summed E-state index contributed by atoms with van der Waals surface area (Å²) < 4.78 is 53.1. The largest absolute Gasteiger partial charge is 0.325 e. The summed E-state index contributed by atoms with van der Waals surface area (Å²) in [6.07, 6.45) is 3.95. The van der Waals surface area contributed by atoms with Crippen LogP contribution in [0.15, 0.2) is 71.9 Å². The molecule has 1 amide bonds. The van der Waals surface area contributed by atoms with Crippen LogP contribution in [0.2, 0.25) is 0 Å². The van der Waals surface area contributed by atoms with E-state index in [1.54, 1.807) is 31.2 Å². The topological polar surface area (TPSA) is 126 Å². The molecule has 2 N–H and O–H groups in total. The molecule has 174 valence electrons. The van der Waals surface area contributed by atoms with Gasteiger partial charge in [0.15, 0.2) is 0 Å². The summed E-state index contributed by atoms with van der Waals surface area (Å²) in [6, 6.07) is 14.0. The predicted octanol–water partition coefficient (Wildman–Crippen LogP) is 2.90. The Kier molecular flexibility index (Phi) is 7.04. The minimum Gasteiger partial charge on any atom is -0.325 e. The summed E-state index contributed by atoms with van der Waals surface area (Å²) >= 11 is 0. The molecule has 3 rings (SSSR count). The molecule has 0 saturated carbocycles. The van der Waals surface area contributed by atoms with Gasteiger partial charge in [-0.25, -0.2) is 16.8 Å². The van der Waals surface area contributed by atoms with Gasteiger partial charge in [0.05, 0.1) is 28.7 Å². The molecule has 11 heteroatoms. The van der Waals surface area contributed by atoms with Crippen molar-refractivity contribution >= 4 is 43.0 Å². The van der Waals surface area contributed by atoms with Crippen molar-refractivity contribution in [1.82, 2.24) is 4.98 Å². The fourth-order valence-corrected chi connectivity index (χ4v) is 5.11. The highest BCUT2D eigenvalue weighted by molar-refractivity contribution is 7.92. The number of pyridine rings is 1. The first kappa shape index (κ1) is 24.2. The highest BCUT2D eigenvalue weighted by Gasteiger charge is 2.22. The Morgan fingerprint density at radius 3 is 2.24 bits per heavy atom. The van der Waals surface area contributed by atoms with Crippen LogP contribution in [0.3, 0.4) is 0 Å². The molecule has 0 aliphatic carbocycles. The third-order valence-electron chi connectivity index (χ3n) is 4.67. The van der Waals surface area contributed by atoms with Gasteiger partial charge in [-0.05, 0) is 61.9 Å². The van der Waals surface area contributed by atoms with Gasteiger partial charge in [0.25, 0.3) is 10.0 Å². The molecule has 3 aromatic rings. The third kappa shape index (κ3) is 6.30. The lowest BCUT2D eigenvalue weighted by Crippen LogP contribution is -2.37. The molecule has 1 aromatic heterocycles. The third-order valence-corrected chi connectivity index (χ3v) is 7.19. The van der Waals surface area contributed by atoms with Crippen LogP contribution in [0, 0.1) is 13.8 Å². The number of aryl methyl sites for hydroxylation is 2.